The van der Waals surface area contributed by atoms with Crippen molar-refractivity contribution in [3.05, 3.63) is 0 Å². The van der Waals surface area contributed by atoms with E-state index in [0.29, 0.717) is 0 Å². The molecular weight excluding hydrogens is 289 g/mol. The van der Waals surface area contributed by atoms with Gasteiger partial charge in [0.1, 0.15) is 0 Å². The highest BCUT2D eigenvalue weighted by molar-refractivity contribution is 14.1. The van der Waals surface area contributed by atoms with E-state index in [2.05, 4.69) is 0 Å². The van der Waals surface area contributed by atoms with Gasteiger partial charge in [-0.2, -0.15) is 22.0 Å². The van der Waals surface area contributed by atoms with Crippen LogP contribution in [0.2, 0.25) is 0 Å². The molecule has 0 heterocycles. The van der Waals surface area contributed by atoms with Gasteiger partial charge in [-0.05, 0) is 22.6 Å². The summed E-state index contributed by atoms with van der Waals surface area (Å²) >= 11 is 0.861. The van der Waals surface area contributed by atoms with E-state index >= 15 is 0 Å². The second kappa shape index (κ2) is 3.36. The molecule has 0 amide bonds. The summed E-state index contributed by atoms with van der Waals surface area (Å²) in [5.74, 6) is -4.92. The van der Waals surface area contributed by atoms with Crippen molar-refractivity contribution in [1.82, 2.24) is 0 Å². The van der Waals surface area contributed by atoms with Crippen LogP contribution < -0.4 is 0 Å². The van der Waals surface area contributed by atoms with Gasteiger partial charge in [-0.15, -0.1) is 0 Å². The van der Waals surface area contributed by atoms with Gasteiger partial charge in [0, 0.05) is 0 Å². The lowest BCUT2D eigenvalue weighted by Crippen LogP contribution is -2.37. The Morgan fingerprint density at radius 3 is 1.55 bits per heavy atom. The van der Waals surface area contributed by atoms with Crippen molar-refractivity contribution in [2.45, 2.75) is 22.7 Å². The maximum Gasteiger partial charge on any atom is 0.453 e. The average molecular weight is 292 g/mol. The Morgan fingerprint density at radius 2 is 1.45 bits per heavy atom. The molecule has 0 rings (SSSR count). The van der Waals surface area contributed by atoms with E-state index in [4.69, 9.17) is 0 Å². The van der Waals surface area contributed by atoms with Gasteiger partial charge in [0.2, 0.25) is 0 Å². The first-order valence-electron chi connectivity index (χ1n) is 2.39. The van der Waals surface area contributed by atoms with Crippen molar-refractivity contribution < 1.29 is 26.3 Å². The maximum atomic E-state index is 11.8. The molecule has 0 saturated heterocycles. The van der Waals surface area contributed by atoms with Gasteiger partial charge in [-0.25, -0.2) is 4.39 Å². The van der Waals surface area contributed by atoms with Crippen LogP contribution in [0, 0.1) is 0 Å². The molecule has 0 aromatic carbocycles. The maximum absolute atomic E-state index is 11.8. The fourth-order valence-corrected chi connectivity index (χ4v) is 0.863. The molecule has 0 saturated carbocycles. The number of halogens is 7. The summed E-state index contributed by atoms with van der Waals surface area (Å²) in [5.41, 5.74) is 0. The van der Waals surface area contributed by atoms with Crippen LogP contribution in [0.25, 0.3) is 0 Å². The standard InChI is InChI=1S/C4H3F6I/c5-2(11)1-3(6,7)4(8,9)10/h2H,1H2. The molecule has 0 aliphatic heterocycles. The van der Waals surface area contributed by atoms with Crippen LogP contribution in [0.3, 0.4) is 0 Å². The van der Waals surface area contributed by atoms with Crippen LogP contribution in [-0.2, 0) is 0 Å². The Bertz CT molecular complexity index is 127. The van der Waals surface area contributed by atoms with Gasteiger partial charge in [-0.3, -0.25) is 0 Å². The number of hydrogen-bond donors (Lipinski definition) is 0. The summed E-state index contributed by atoms with van der Waals surface area (Å²) in [5, 5.41) is 0. The number of alkyl halides is 7. The zero-order valence-corrected chi connectivity index (χ0v) is 7.09. The van der Waals surface area contributed by atoms with Gasteiger partial charge < -0.3 is 0 Å². The summed E-state index contributed by atoms with van der Waals surface area (Å²) in [6.07, 6.45) is -7.47. The normalized spacial score (nSPS) is 16.6. The fraction of sp³-hybridized carbons (Fsp3) is 1.00. The molecule has 1 atom stereocenters. The summed E-state index contributed by atoms with van der Waals surface area (Å²) < 4.78 is 67.0. The van der Waals surface area contributed by atoms with E-state index in [1.807, 2.05) is 0 Å². The van der Waals surface area contributed by atoms with Gasteiger partial charge in [-0.1, -0.05) is 0 Å². The monoisotopic (exact) mass is 292 g/mol. The van der Waals surface area contributed by atoms with Gasteiger partial charge in [0.15, 0.2) is 4.18 Å². The Balaban J connectivity index is 4.22. The van der Waals surface area contributed by atoms with E-state index in [9.17, 15) is 26.3 Å². The Hall–Kier alpha value is 0.310. The smallest absolute Gasteiger partial charge is 0.236 e. The highest BCUT2D eigenvalue weighted by Crippen LogP contribution is 2.40. The van der Waals surface area contributed by atoms with E-state index < -0.39 is 22.7 Å². The van der Waals surface area contributed by atoms with E-state index in [1.54, 1.807) is 0 Å². The quantitative estimate of drug-likeness (QED) is 0.416. The minimum absolute atomic E-state index is 0.861. The van der Waals surface area contributed by atoms with Crippen molar-refractivity contribution >= 4 is 22.6 Å². The first-order chi connectivity index (χ1) is 4.67. The largest absolute Gasteiger partial charge is 0.453 e. The molecule has 0 fully saturated rings. The van der Waals surface area contributed by atoms with Crippen molar-refractivity contribution in [2.75, 3.05) is 0 Å². The van der Waals surface area contributed by atoms with Crippen molar-refractivity contribution in [3.63, 3.8) is 0 Å². The van der Waals surface area contributed by atoms with Gasteiger partial charge in [0.25, 0.3) is 0 Å². The van der Waals surface area contributed by atoms with Crippen LogP contribution in [0.1, 0.15) is 6.42 Å². The minimum Gasteiger partial charge on any atom is -0.236 e. The lowest BCUT2D eigenvalue weighted by molar-refractivity contribution is -0.285. The van der Waals surface area contributed by atoms with Crippen LogP contribution >= 0.6 is 22.6 Å². The first-order valence-corrected chi connectivity index (χ1v) is 3.64. The third-order valence-corrected chi connectivity index (χ3v) is 1.27. The van der Waals surface area contributed by atoms with Gasteiger partial charge in [0.05, 0.1) is 6.42 Å². The third-order valence-electron chi connectivity index (χ3n) is 0.825. The summed E-state index contributed by atoms with van der Waals surface area (Å²) in [4.78, 5) is 0. The lowest BCUT2D eigenvalue weighted by Gasteiger charge is -2.19. The highest BCUT2D eigenvalue weighted by Gasteiger charge is 2.57. The second-order valence-corrected chi connectivity index (χ2v) is 3.15. The lowest BCUT2D eigenvalue weighted by atomic mass is 10.2. The number of rotatable bonds is 2. The second-order valence-electron chi connectivity index (χ2n) is 1.80. The number of hydrogen-bond acceptors (Lipinski definition) is 0. The molecule has 1 unspecified atom stereocenters. The van der Waals surface area contributed by atoms with E-state index in [1.165, 1.54) is 0 Å². The molecule has 0 spiro atoms. The molecule has 11 heavy (non-hydrogen) atoms. The molecule has 68 valence electrons. The third kappa shape index (κ3) is 3.48. The minimum atomic E-state index is -5.65. The molecule has 0 aliphatic rings. The van der Waals surface area contributed by atoms with Crippen LogP contribution in [0.15, 0.2) is 0 Å². The predicted molar refractivity (Wildman–Crippen MR) is 34.5 cm³/mol. The van der Waals surface area contributed by atoms with Crippen LogP contribution in [-0.4, -0.2) is 16.3 Å². The average Bonchev–Trinajstić information content (AvgIpc) is 1.56. The Morgan fingerprint density at radius 1 is 1.09 bits per heavy atom. The molecule has 0 nitrogen and oxygen atoms in total. The SMILES string of the molecule is FC(I)CC(F)(F)C(F)(F)F. The zero-order chi connectivity index (χ0) is 9.28. The summed E-state index contributed by atoms with van der Waals surface area (Å²) in [6, 6.07) is 0. The van der Waals surface area contributed by atoms with E-state index in [0.717, 1.165) is 22.6 Å². The van der Waals surface area contributed by atoms with Gasteiger partial charge >= 0.3 is 12.1 Å². The Labute approximate surface area is 72.1 Å². The van der Waals surface area contributed by atoms with Crippen molar-refractivity contribution in [2.24, 2.45) is 0 Å². The van der Waals surface area contributed by atoms with Crippen LogP contribution in [0.4, 0.5) is 26.3 Å². The van der Waals surface area contributed by atoms with Crippen molar-refractivity contribution in [1.29, 1.82) is 0 Å². The summed E-state index contributed by atoms with van der Waals surface area (Å²) in [6.45, 7) is 0. The molecule has 0 aromatic heterocycles. The molecule has 0 bridgehead atoms. The molecule has 7 heteroatoms. The molecule has 0 N–H and O–H groups in total. The topological polar surface area (TPSA) is 0 Å². The Kier molecular flexibility index (Phi) is 3.45. The highest BCUT2D eigenvalue weighted by atomic mass is 127. The van der Waals surface area contributed by atoms with Crippen molar-refractivity contribution in [3.8, 4) is 0 Å². The van der Waals surface area contributed by atoms with Crippen LogP contribution in [0.5, 0.6) is 0 Å². The first kappa shape index (κ1) is 11.3. The molecule has 0 aromatic rings. The molecule has 0 aliphatic carbocycles. The molecular formula is C4H3F6I. The predicted octanol–water partition coefficient (Wildman–Crippen LogP) is 3.30. The fourth-order valence-electron chi connectivity index (χ4n) is 0.310. The molecule has 0 radical (unpaired) electrons. The van der Waals surface area contributed by atoms with E-state index in [-0.39, 0.29) is 0 Å². The zero-order valence-electron chi connectivity index (χ0n) is 4.93. The summed E-state index contributed by atoms with van der Waals surface area (Å²) in [7, 11) is 0.